The second-order valence-electron chi connectivity index (χ2n) is 6.85. The van der Waals surface area contributed by atoms with Crippen molar-refractivity contribution in [1.82, 2.24) is 14.5 Å². The third-order valence-electron chi connectivity index (χ3n) is 4.81. The van der Waals surface area contributed by atoms with Crippen molar-refractivity contribution in [3.63, 3.8) is 0 Å². The Bertz CT molecular complexity index is 964. The van der Waals surface area contributed by atoms with Crippen LogP contribution in [0.5, 0.6) is 0 Å². The van der Waals surface area contributed by atoms with Gasteiger partial charge in [-0.2, -0.15) is 0 Å². The topological polar surface area (TPSA) is 55.2 Å². The van der Waals surface area contributed by atoms with Gasteiger partial charge in [-0.3, -0.25) is 14.2 Å². The average molecular weight is 391 g/mol. The van der Waals surface area contributed by atoms with Crippen LogP contribution in [-0.2, 0) is 24.4 Å². The molecule has 2 heterocycles. The molecule has 142 valence electrons. The lowest BCUT2D eigenvalue weighted by Crippen LogP contribution is -2.41. The number of nitrogens with zero attached hydrogens (tertiary/aromatic N) is 3. The predicted octanol–water partition coefficient (Wildman–Crippen LogP) is 3.19. The van der Waals surface area contributed by atoms with Crippen molar-refractivity contribution in [2.24, 2.45) is 5.92 Å². The van der Waals surface area contributed by atoms with Crippen LogP contribution in [0.15, 0.2) is 82.9 Å². The monoisotopic (exact) mass is 391 g/mol. The Kier molecular flexibility index (Phi) is 5.58. The molecule has 0 spiro atoms. The van der Waals surface area contributed by atoms with Crippen LogP contribution in [-0.4, -0.2) is 26.1 Å². The maximum Gasteiger partial charge on any atom is 0.254 e. The van der Waals surface area contributed by atoms with Gasteiger partial charge in [0, 0.05) is 37.7 Å². The SMILES string of the molecule is O=C(C1CSc2nccc(=O)n2C1)N(Cc1ccccc1)Cc1ccccc1. The van der Waals surface area contributed by atoms with Gasteiger partial charge in [0.1, 0.15) is 0 Å². The highest BCUT2D eigenvalue weighted by atomic mass is 32.2. The largest absolute Gasteiger partial charge is 0.334 e. The highest BCUT2D eigenvalue weighted by Gasteiger charge is 2.30. The molecule has 0 bridgehead atoms. The molecule has 1 atom stereocenters. The number of thioether (sulfide) groups is 1. The van der Waals surface area contributed by atoms with Crippen LogP contribution in [0.3, 0.4) is 0 Å². The minimum Gasteiger partial charge on any atom is -0.334 e. The summed E-state index contributed by atoms with van der Waals surface area (Å²) in [6.45, 7) is 1.48. The Labute approximate surface area is 168 Å². The van der Waals surface area contributed by atoms with Crippen molar-refractivity contribution in [1.29, 1.82) is 0 Å². The fourth-order valence-electron chi connectivity index (χ4n) is 3.38. The van der Waals surface area contributed by atoms with E-state index in [0.717, 1.165) is 11.1 Å². The number of carbonyl (C=O) groups excluding carboxylic acids is 1. The molecule has 0 saturated carbocycles. The lowest BCUT2D eigenvalue weighted by Gasteiger charge is -2.30. The first-order valence-electron chi connectivity index (χ1n) is 9.26. The van der Waals surface area contributed by atoms with Crippen LogP contribution in [0.1, 0.15) is 11.1 Å². The van der Waals surface area contributed by atoms with E-state index in [2.05, 4.69) is 4.98 Å². The van der Waals surface area contributed by atoms with Gasteiger partial charge < -0.3 is 4.90 Å². The Morgan fingerprint density at radius 3 is 2.21 bits per heavy atom. The van der Waals surface area contributed by atoms with Gasteiger partial charge in [0.05, 0.1) is 5.92 Å². The van der Waals surface area contributed by atoms with Crippen molar-refractivity contribution in [2.75, 3.05) is 5.75 Å². The van der Waals surface area contributed by atoms with Crippen molar-refractivity contribution < 1.29 is 4.79 Å². The summed E-state index contributed by atoms with van der Waals surface area (Å²) in [5.41, 5.74) is 2.08. The number of rotatable bonds is 5. The van der Waals surface area contributed by atoms with Crippen molar-refractivity contribution >= 4 is 17.7 Å². The molecule has 1 amide bonds. The first kappa shape index (κ1) is 18.5. The van der Waals surface area contributed by atoms with Crippen molar-refractivity contribution in [2.45, 2.75) is 24.8 Å². The summed E-state index contributed by atoms with van der Waals surface area (Å²) in [6.07, 6.45) is 1.53. The third kappa shape index (κ3) is 4.17. The summed E-state index contributed by atoms with van der Waals surface area (Å²) >= 11 is 1.47. The van der Waals surface area contributed by atoms with Crippen LogP contribution in [0, 0.1) is 5.92 Å². The summed E-state index contributed by atoms with van der Waals surface area (Å²) in [4.78, 5) is 31.7. The minimum absolute atomic E-state index is 0.0709. The van der Waals surface area contributed by atoms with Gasteiger partial charge in [0.25, 0.3) is 5.56 Å². The predicted molar refractivity (Wildman–Crippen MR) is 110 cm³/mol. The lowest BCUT2D eigenvalue weighted by molar-refractivity contribution is -0.136. The Morgan fingerprint density at radius 1 is 1.00 bits per heavy atom. The van der Waals surface area contributed by atoms with Gasteiger partial charge in [-0.1, -0.05) is 72.4 Å². The minimum atomic E-state index is -0.244. The molecule has 0 N–H and O–H groups in total. The van der Waals surface area contributed by atoms with Gasteiger partial charge in [-0.05, 0) is 11.1 Å². The highest BCUT2D eigenvalue weighted by molar-refractivity contribution is 7.99. The Balaban J connectivity index is 1.57. The zero-order valence-corrected chi connectivity index (χ0v) is 16.2. The molecule has 1 aliphatic rings. The summed E-state index contributed by atoms with van der Waals surface area (Å²) in [5.74, 6) is 0.462. The highest BCUT2D eigenvalue weighted by Crippen LogP contribution is 2.26. The van der Waals surface area contributed by atoms with E-state index in [1.54, 1.807) is 4.57 Å². The molecule has 5 nitrogen and oxygen atoms in total. The standard InChI is InChI=1S/C22H21N3O2S/c26-20-11-12-23-22-25(20)15-19(16-28-22)21(27)24(13-17-7-3-1-4-8-17)14-18-9-5-2-6-10-18/h1-12,19H,13-16H2. The van der Waals surface area contributed by atoms with Crippen LogP contribution < -0.4 is 5.56 Å². The first-order valence-corrected chi connectivity index (χ1v) is 10.2. The molecule has 0 aliphatic carbocycles. The molecule has 1 aromatic heterocycles. The maximum absolute atomic E-state index is 13.4. The van der Waals surface area contributed by atoms with Crippen LogP contribution in [0.2, 0.25) is 0 Å². The van der Waals surface area contributed by atoms with E-state index >= 15 is 0 Å². The molecule has 3 aromatic rings. The number of amides is 1. The molecular weight excluding hydrogens is 370 g/mol. The zero-order chi connectivity index (χ0) is 19.3. The molecule has 28 heavy (non-hydrogen) atoms. The molecule has 0 fully saturated rings. The quantitative estimate of drug-likeness (QED) is 0.627. The van der Waals surface area contributed by atoms with Crippen molar-refractivity contribution in [3.8, 4) is 0 Å². The molecule has 0 saturated heterocycles. The van der Waals surface area contributed by atoms with Crippen LogP contribution >= 0.6 is 11.8 Å². The molecule has 6 heteroatoms. The third-order valence-corrected chi connectivity index (χ3v) is 5.96. The van der Waals surface area contributed by atoms with Crippen LogP contribution in [0.25, 0.3) is 0 Å². The molecular formula is C22H21N3O2S. The summed E-state index contributed by atoms with van der Waals surface area (Å²) in [7, 11) is 0. The van der Waals surface area contributed by atoms with E-state index in [4.69, 9.17) is 0 Å². The lowest BCUT2D eigenvalue weighted by atomic mass is 10.1. The van der Waals surface area contributed by atoms with E-state index in [9.17, 15) is 9.59 Å². The van der Waals surface area contributed by atoms with Gasteiger partial charge in [0.2, 0.25) is 5.91 Å². The smallest absolute Gasteiger partial charge is 0.254 e. The van der Waals surface area contributed by atoms with Crippen molar-refractivity contribution in [3.05, 3.63) is 94.4 Å². The molecule has 4 rings (SSSR count). The van der Waals surface area contributed by atoms with E-state index in [1.807, 2.05) is 65.6 Å². The van der Waals surface area contributed by atoms with E-state index in [1.165, 1.54) is 24.0 Å². The van der Waals surface area contributed by atoms with Gasteiger partial charge in [0.15, 0.2) is 5.16 Å². The molecule has 1 aliphatic heterocycles. The van der Waals surface area contributed by atoms with E-state index in [0.29, 0.717) is 30.5 Å². The van der Waals surface area contributed by atoms with Gasteiger partial charge in [-0.15, -0.1) is 0 Å². The van der Waals surface area contributed by atoms with Crippen LogP contribution in [0.4, 0.5) is 0 Å². The summed E-state index contributed by atoms with van der Waals surface area (Å²) in [6, 6.07) is 21.5. The van der Waals surface area contributed by atoms with E-state index < -0.39 is 0 Å². The summed E-state index contributed by atoms with van der Waals surface area (Å²) in [5, 5.41) is 0.689. The van der Waals surface area contributed by atoms with Gasteiger partial charge in [-0.25, -0.2) is 4.98 Å². The maximum atomic E-state index is 13.4. The average Bonchev–Trinajstić information content (AvgIpc) is 2.74. The number of aromatic nitrogens is 2. The molecule has 1 unspecified atom stereocenters. The normalized spacial score (nSPS) is 15.6. The Hall–Kier alpha value is -2.86. The number of benzene rings is 2. The second-order valence-corrected chi connectivity index (χ2v) is 7.84. The van der Waals surface area contributed by atoms with E-state index in [-0.39, 0.29) is 17.4 Å². The van der Waals surface area contributed by atoms with Gasteiger partial charge >= 0.3 is 0 Å². The zero-order valence-electron chi connectivity index (χ0n) is 15.4. The first-order chi connectivity index (χ1) is 13.7. The fraction of sp³-hybridized carbons (Fsp3) is 0.227. The fourth-order valence-corrected chi connectivity index (χ4v) is 4.43. The Morgan fingerprint density at radius 2 is 1.61 bits per heavy atom. The number of fused-ring (bicyclic) bond motifs is 1. The number of hydrogen-bond acceptors (Lipinski definition) is 4. The molecule has 2 aromatic carbocycles. The number of hydrogen-bond donors (Lipinski definition) is 0. The summed E-state index contributed by atoms with van der Waals surface area (Å²) < 4.78 is 1.61. The second kappa shape index (κ2) is 8.44. The number of carbonyl (C=O) groups is 1. The molecule has 0 radical (unpaired) electrons.